The van der Waals surface area contributed by atoms with Gasteiger partial charge >= 0.3 is 5.97 Å². The molecule has 0 fully saturated rings. The highest BCUT2D eigenvalue weighted by molar-refractivity contribution is 5.89. The molecule has 4 heteroatoms. The van der Waals surface area contributed by atoms with Crippen molar-refractivity contribution in [2.45, 2.75) is 6.92 Å². The molecule has 0 aliphatic rings. The van der Waals surface area contributed by atoms with Crippen molar-refractivity contribution in [1.82, 2.24) is 5.59 Å². The molecule has 0 aliphatic heterocycles. The number of rotatable bonds is 2. The smallest absolute Gasteiger partial charge is 0.351 e. The maximum absolute atomic E-state index is 11.0. The number of nitrogens with two attached hydrogens (primary N) is 1. The van der Waals surface area contributed by atoms with E-state index >= 15 is 0 Å². The highest BCUT2D eigenvalue weighted by atomic mass is 16.7. The second-order valence-corrected chi connectivity index (χ2v) is 2.37. The normalized spacial score (nSPS) is 9.50. The lowest BCUT2D eigenvalue weighted by atomic mass is 10.2. The molecular formula is C8H10N2O2. The number of carbonyl (C=O) groups is 1. The molecule has 0 saturated heterocycles. The van der Waals surface area contributed by atoms with E-state index in [0.29, 0.717) is 5.56 Å². The van der Waals surface area contributed by atoms with Gasteiger partial charge in [0.05, 0.1) is 5.56 Å². The summed E-state index contributed by atoms with van der Waals surface area (Å²) in [5.74, 6) is 4.32. The van der Waals surface area contributed by atoms with Crippen molar-refractivity contribution >= 4 is 5.97 Å². The van der Waals surface area contributed by atoms with E-state index in [1.807, 2.05) is 24.6 Å². The maximum Gasteiger partial charge on any atom is 0.357 e. The molecule has 0 aromatic heterocycles. The van der Waals surface area contributed by atoms with Crippen LogP contribution in [0.2, 0.25) is 0 Å². The minimum Gasteiger partial charge on any atom is -0.351 e. The van der Waals surface area contributed by atoms with E-state index in [1.54, 1.807) is 12.1 Å². The molecule has 3 N–H and O–H groups in total. The number of hydrogen-bond donors (Lipinski definition) is 2. The maximum atomic E-state index is 11.0. The van der Waals surface area contributed by atoms with E-state index in [9.17, 15) is 4.79 Å². The van der Waals surface area contributed by atoms with Crippen LogP contribution in [0.4, 0.5) is 0 Å². The Labute approximate surface area is 70.3 Å². The summed E-state index contributed by atoms with van der Waals surface area (Å²) in [7, 11) is 0. The molecule has 1 aromatic carbocycles. The van der Waals surface area contributed by atoms with Gasteiger partial charge in [0.2, 0.25) is 0 Å². The van der Waals surface area contributed by atoms with Crippen molar-refractivity contribution in [3.8, 4) is 0 Å². The van der Waals surface area contributed by atoms with Crippen LogP contribution in [0.15, 0.2) is 24.3 Å². The third-order valence-corrected chi connectivity index (χ3v) is 1.44. The third-order valence-electron chi connectivity index (χ3n) is 1.44. The highest BCUT2D eigenvalue weighted by Gasteiger charge is 2.04. The Morgan fingerprint density at radius 1 is 1.42 bits per heavy atom. The lowest BCUT2D eigenvalue weighted by Gasteiger charge is -2.00. The van der Waals surface area contributed by atoms with E-state index in [1.165, 1.54) is 0 Å². The largest absolute Gasteiger partial charge is 0.357 e. The lowest BCUT2D eigenvalue weighted by molar-refractivity contribution is 0.0254. The van der Waals surface area contributed by atoms with Gasteiger partial charge in [0.1, 0.15) is 0 Å². The molecule has 0 bridgehead atoms. The van der Waals surface area contributed by atoms with Gasteiger partial charge in [0.15, 0.2) is 0 Å². The number of hydrazine groups is 1. The molecule has 0 saturated carbocycles. The number of benzene rings is 1. The highest BCUT2D eigenvalue weighted by Crippen LogP contribution is 2.03. The standard InChI is InChI=1S/C8H10N2O2/c1-6-2-4-7(5-3-6)8(11)12-10-9/h2-5,10H,9H2,1H3. The number of carbonyl (C=O) groups excluding carboxylic acids is 1. The Hall–Kier alpha value is -1.39. The van der Waals surface area contributed by atoms with Gasteiger partial charge in [-0.25, -0.2) is 10.6 Å². The van der Waals surface area contributed by atoms with Crippen molar-refractivity contribution in [1.29, 1.82) is 0 Å². The average molecular weight is 166 g/mol. The molecule has 0 spiro atoms. The summed E-state index contributed by atoms with van der Waals surface area (Å²) in [6, 6.07) is 7.00. The zero-order valence-corrected chi connectivity index (χ0v) is 6.70. The quantitative estimate of drug-likeness (QED) is 0.497. The zero-order chi connectivity index (χ0) is 8.97. The van der Waals surface area contributed by atoms with Crippen LogP contribution < -0.4 is 11.4 Å². The van der Waals surface area contributed by atoms with Crippen LogP contribution in [0, 0.1) is 6.92 Å². The predicted octanol–water partition coefficient (Wildman–Crippen LogP) is 0.530. The van der Waals surface area contributed by atoms with E-state index in [-0.39, 0.29) is 0 Å². The molecule has 0 heterocycles. The van der Waals surface area contributed by atoms with Gasteiger partial charge < -0.3 is 4.84 Å². The molecule has 0 radical (unpaired) electrons. The fraction of sp³-hybridized carbons (Fsp3) is 0.125. The van der Waals surface area contributed by atoms with Gasteiger partial charge in [-0.1, -0.05) is 23.3 Å². The van der Waals surface area contributed by atoms with E-state index in [2.05, 4.69) is 4.84 Å². The van der Waals surface area contributed by atoms with Crippen LogP contribution in [-0.4, -0.2) is 5.97 Å². The van der Waals surface area contributed by atoms with Crippen LogP contribution in [0.5, 0.6) is 0 Å². The summed E-state index contributed by atoms with van der Waals surface area (Å²) in [5, 5.41) is 0. The molecule has 4 nitrogen and oxygen atoms in total. The van der Waals surface area contributed by atoms with E-state index in [0.717, 1.165) is 5.56 Å². The van der Waals surface area contributed by atoms with Crippen LogP contribution in [-0.2, 0) is 4.84 Å². The minimum atomic E-state index is -0.488. The first-order chi connectivity index (χ1) is 5.74. The number of hydrogen-bond acceptors (Lipinski definition) is 4. The van der Waals surface area contributed by atoms with Gasteiger partial charge in [-0.3, -0.25) is 0 Å². The average Bonchev–Trinajstić information content (AvgIpc) is 2.06. The van der Waals surface area contributed by atoms with Gasteiger partial charge in [-0.05, 0) is 19.1 Å². The molecule has 0 atom stereocenters. The summed E-state index contributed by atoms with van der Waals surface area (Å²) < 4.78 is 0. The molecule has 1 rings (SSSR count). The Kier molecular flexibility index (Phi) is 2.79. The molecule has 64 valence electrons. The first kappa shape index (κ1) is 8.70. The Bertz CT molecular complexity index is 269. The van der Waals surface area contributed by atoms with E-state index < -0.39 is 5.97 Å². The summed E-state index contributed by atoms with van der Waals surface area (Å²) in [6.45, 7) is 1.94. The summed E-state index contributed by atoms with van der Waals surface area (Å²) in [6.07, 6.45) is 0. The SMILES string of the molecule is Cc1ccc(C(=O)ONN)cc1. The lowest BCUT2D eigenvalue weighted by Crippen LogP contribution is -2.26. The van der Waals surface area contributed by atoms with Gasteiger partial charge in [-0.2, -0.15) is 0 Å². The fourth-order valence-electron chi connectivity index (χ4n) is 0.802. The fourth-order valence-corrected chi connectivity index (χ4v) is 0.802. The van der Waals surface area contributed by atoms with Crippen LogP contribution in [0.25, 0.3) is 0 Å². The van der Waals surface area contributed by atoms with Crippen LogP contribution in [0.3, 0.4) is 0 Å². The monoisotopic (exact) mass is 166 g/mol. The first-order valence-electron chi connectivity index (χ1n) is 3.47. The summed E-state index contributed by atoms with van der Waals surface area (Å²) in [5.41, 5.74) is 3.39. The van der Waals surface area contributed by atoms with Crippen LogP contribution >= 0.6 is 0 Å². The molecule has 1 aromatic rings. The molecule has 0 aliphatic carbocycles. The third kappa shape index (κ3) is 2.05. The van der Waals surface area contributed by atoms with Crippen molar-refractivity contribution in [2.75, 3.05) is 0 Å². The second-order valence-electron chi connectivity index (χ2n) is 2.37. The van der Waals surface area contributed by atoms with Crippen molar-refractivity contribution < 1.29 is 9.63 Å². The van der Waals surface area contributed by atoms with Gasteiger partial charge in [0.25, 0.3) is 0 Å². The first-order valence-corrected chi connectivity index (χ1v) is 3.47. The molecule has 12 heavy (non-hydrogen) atoms. The predicted molar refractivity (Wildman–Crippen MR) is 43.9 cm³/mol. The topological polar surface area (TPSA) is 64.3 Å². The molecule has 0 amide bonds. The Morgan fingerprint density at radius 3 is 2.50 bits per heavy atom. The minimum absolute atomic E-state index is 0.471. The zero-order valence-electron chi connectivity index (χ0n) is 6.70. The summed E-state index contributed by atoms with van der Waals surface area (Å²) >= 11 is 0. The summed E-state index contributed by atoms with van der Waals surface area (Å²) in [4.78, 5) is 15.3. The Balaban J connectivity index is 2.75. The van der Waals surface area contributed by atoms with Crippen LogP contribution in [0.1, 0.15) is 15.9 Å². The molecular weight excluding hydrogens is 156 g/mol. The van der Waals surface area contributed by atoms with Crippen molar-refractivity contribution in [2.24, 2.45) is 5.84 Å². The molecule has 0 unspecified atom stereocenters. The number of aryl methyl sites for hydroxylation is 1. The Morgan fingerprint density at radius 2 is 2.00 bits per heavy atom. The van der Waals surface area contributed by atoms with Crippen molar-refractivity contribution in [3.05, 3.63) is 35.4 Å². The van der Waals surface area contributed by atoms with Crippen molar-refractivity contribution in [3.63, 3.8) is 0 Å². The van der Waals surface area contributed by atoms with Gasteiger partial charge in [-0.15, -0.1) is 0 Å². The number of nitrogens with one attached hydrogen (secondary N) is 1. The van der Waals surface area contributed by atoms with Gasteiger partial charge in [0, 0.05) is 0 Å². The van der Waals surface area contributed by atoms with E-state index in [4.69, 9.17) is 5.84 Å². The second kappa shape index (κ2) is 3.85.